The van der Waals surface area contributed by atoms with Gasteiger partial charge in [0.15, 0.2) is 0 Å². The van der Waals surface area contributed by atoms with Crippen LogP contribution in [-0.2, 0) is 0 Å². The topological polar surface area (TPSA) is 64.7 Å². The average molecular weight is 172 g/mol. The Morgan fingerprint density at radius 1 is 0.923 bits per heavy atom. The minimum atomic E-state index is 0.514. The Balaban J connectivity index is 2.42. The van der Waals surface area contributed by atoms with Crippen molar-refractivity contribution >= 4 is 5.82 Å². The maximum absolute atomic E-state index is 5.46. The van der Waals surface area contributed by atoms with Crippen LogP contribution in [0.3, 0.4) is 0 Å². The van der Waals surface area contributed by atoms with E-state index in [0.717, 1.165) is 11.1 Å². The Hall–Kier alpha value is -1.97. The van der Waals surface area contributed by atoms with Crippen molar-refractivity contribution in [1.82, 2.24) is 15.0 Å². The van der Waals surface area contributed by atoms with Crippen LogP contribution in [0.15, 0.2) is 37.1 Å². The summed E-state index contributed by atoms with van der Waals surface area (Å²) >= 11 is 0. The number of nitrogens with two attached hydrogens (primary N) is 1. The molecule has 0 bridgehead atoms. The van der Waals surface area contributed by atoms with Crippen molar-refractivity contribution in [2.24, 2.45) is 0 Å². The van der Waals surface area contributed by atoms with Crippen molar-refractivity contribution in [3.05, 3.63) is 37.1 Å². The molecular weight excluding hydrogens is 164 g/mol. The van der Waals surface area contributed by atoms with Crippen molar-refractivity contribution in [2.45, 2.75) is 0 Å². The van der Waals surface area contributed by atoms with Crippen LogP contribution in [0.4, 0.5) is 5.82 Å². The molecule has 0 unspecified atom stereocenters. The molecule has 0 aliphatic rings. The fraction of sp³-hybridized carbons (Fsp3) is 0. The molecule has 0 fully saturated rings. The first-order valence-electron chi connectivity index (χ1n) is 3.83. The van der Waals surface area contributed by atoms with E-state index in [1.165, 1.54) is 6.33 Å². The van der Waals surface area contributed by atoms with Crippen LogP contribution in [0.25, 0.3) is 11.1 Å². The summed E-state index contributed by atoms with van der Waals surface area (Å²) in [5.74, 6) is 0.514. The zero-order valence-corrected chi connectivity index (χ0v) is 6.88. The van der Waals surface area contributed by atoms with Gasteiger partial charge < -0.3 is 5.73 Å². The largest absolute Gasteiger partial charge is 0.384 e. The molecule has 2 aromatic heterocycles. The number of rotatable bonds is 1. The van der Waals surface area contributed by atoms with Crippen molar-refractivity contribution in [3.63, 3.8) is 0 Å². The van der Waals surface area contributed by atoms with E-state index in [1.54, 1.807) is 24.7 Å². The predicted octanol–water partition coefficient (Wildman–Crippen LogP) is 1.12. The molecule has 0 aliphatic heterocycles. The summed E-state index contributed by atoms with van der Waals surface area (Å²) in [5, 5.41) is 0. The van der Waals surface area contributed by atoms with Gasteiger partial charge in [-0.05, 0) is 12.1 Å². The van der Waals surface area contributed by atoms with Gasteiger partial charge in [-0.1, -0.05) is 0 Å². The van der Waals surface area contributed by atoms with Gasteiger partial charge in [-0.3, -0.25) is 0 Å². The van der Waals surface area contributed by atoms with Gasteiger partial charge in [0.05, 0.1) is 0 Å². The van der Waals surface area contributed by atoms with E-state index in [9.17, 15) is 0 Å². The Kier molecular flexibility index (Phi) is 1.88. The molecule has 64 valence electrons. The van der Waals surface area contributed by atoms with E-state index >= 15 is 0 Å². The third-order valence-electron chi connectivity index (χ3n) is 1.68. The molecule has 2 N–H and O–H groups in total. The van der Waals surface area contributed by atoms with Crippen molar-refractivity contribution < 1.29 is 0 Å². The standard InChI is InChI=1S/C9H8N4/c10-9-2-1-7(5-13-9)8-3-11-6-12-4-8/h1-6H,(H2,10,13). The first-order chi connectivity index (χ1) is 6.36. The van der Waals surface area contributed by atoms with Crippen molar-refractivity contribution in [2.75, 3.05) is 5.73 Å². The Morgan fingerprint density at radius 2 is 1.69 bits per heavy atom. The quantitative estimate of drug-likeness (QED) is 0.700. The van der Waals surface area contributed by atoms with Gasteiger partial charge in [0.1, 0.15) is 12.1 Å². The molecule has 0 spiro atoms. The zero-order valence-electron chi connectivity index (χ0n) is 6.88. The summed E-state index contributed by atoms with van der Waals surface area (Å²) in [6.45, 7) is 0. The molecule has 0 saturated heterocycles. The van der Waals surface area contributed by atoms with Crippen LogP contribution in [-0.4, -0.2) is 15.0 Å². The smallest absolute Gasteiger partial charge is 0.123 e. The number of nitrogen functional groups attached to an aromatic ring is 1. The maximum atomic E-state index is 5.46. The molecule has 4 nitrogen and oxygen atoms in total. The van der Waals surface area contributed by atoms with Gasteiger partial charge >= 0.3 is 0 Å². The molecule has 0 aliphatic carbocycles. The van der Waals surface area contributed by atoms with Crippen LogP contribution in [0.5, 0.6) is 0 Å². The van der Waals surface area contributed by atoms with Gasteiger partial charge in [-0.2, -0.15) is 0 Å². The fourth-order valence-corrected chi connectivity index (χ4v) is 1.02. The Bertz CT molecular complexity index is 382. The highest BCUT2D eigenvalue weighted by Crippen LogP contribution is 2.15. The lowest BCUT2D eigenvalue weighted by Gasteiger charge is -1.98. The summed E-state index contributed by atoms with van der Waals surface area (Å²) < 4.78 is 0. The highest BCUT2D eigenvalue weighted by atomic mass is 14.8. The van der Waals surface area contributed by atoms with Gasteiger partial charge in [0.2, 0.25) is 0 Å². The van der Waals surface area contributed by atoms with Gasteiger partial charge in [0.25, 0.3) is 0 Å². The van der Waals surface area contributed by atoms with E-state index in [1.807, 2.05) is 6.07 Å². The molecule has 2 aromatic rings. The molecule has 0 atom stereocenters. The number of anilines is 1. The second kappa shape index (κ2) is 3.18. The van der Waals surface area contributed by atoms with Crippen molar-refractivity contribution in [1.29, 1.82) is 0 Å². The van der Waals surface area contributed by atoms with E-state index in [0.29, 0.717) is 5.82 Å². The van der Waals surface area contributed by atoms with Gasteiger partial charge in [0, 0.05) is 29.7 Å². The summed E-state index contributed by atoms with van der Waals surface area (Å²) in [6, 6.07) is 3.64. The van der Waals surface area contributed by atoms with E-state index in [-0.39, 0.29) is 0 Å². The third-order valence-corrected chi connectivity index (χ3v) is 1.68. The molecule has 0 radical (unpaired) electrons. The minimum Gasteiger partial charge on any atom is -0.384 e. The monoisotopic (exact) mass is 172 g/mol. The number of hydrogen-bond acceptors (Lipinski definition) is 4. The van der Waals surface area contributed by atoms with E-state index < -0.39 is 0 Å². The lowest BCUT2D eigenvalue weighted by Crippen LogP contribution is -1.89. The van der Waals surface area contributed by atoms with Crippen LogP contribution in [0.1, 0.15) is 0 Å². The van der Waals surface area contributed by atoms with Crippen LogP contribution < -0.4 is 5.73 Å². The van der Waals surface area contributed by atoms with Crippen LogP contribution in [0.2, 0.25) is 0 Å². The highest BCUT2D eigenvalue weighted by molar-refractivity contribution is 5.61. The first-order valence-corrected chi connectivity index (χ1v) is 3.83. The van der Waals surface area contributed by atoms with Crippen LogP contribution >= 0.6 is 0 Å². The lowest BCUT2D eigenvalue weighted by molar-refractivity contribution is 1.17. The summed E-state index contributed by atoms with van der Waals surface area (Å²) in [7, 11) is 0. The van der Waals surface area contributed by atoms with Gasteiger partial charge in [-0.25, -0.2) is 15.0 Å². The Labute approximate surface area is 75.5 Å². The third kappa shape index (κ3) is 1.61. The molecule has 2 heterocycles. The SMILES string of the molecule is Nc1ccc(-c2cncnc2)cn1. The van der Waals surface area contributed by atoms with Gasteiger partial charge in [-0.15, -0.1) is 0 Å². The molecular formula is C9H8N4. The first kappa shape index (κ1) is 7.67. The lowest BCUT2D eigenvalue weighted by atomic mass is 10.1. The molecule has 4 heteroatoms. The number of nitrogens with zero attached hydrogens (tertiary/aromatic N) is 3. The summed E-state index contributed by atoms with van der Waals surface area (Å²) in [4.78, 5) is 11.8. The summed E-state index contributed by atoms with van der Waals surface area (Å²) in [5.41, 5.74) is 7.37. The Morgan fingerprint density at radius 3 is 2.31 bits per heavy atom. The normalized spacial score (nSPS) is 9.85. The molecule has 0 aromatic carbocycles. The maximum Gasteiger partial charge on any atom is 0.123 e. The number of hydrogen-bond donors (Lipinski definition) is 1. The highest BCUT2D eigenvalue weighted by Gasteiger charge is 1.96. The van der Waals surface area contributed by atoms with Crippen molar-refractivity contribution in [3.8, 4) is 11.1 Å². The van der Waals surface area contributed by atoms with E-state index in [2.05, 4.69) is 15.0 Å². The average Bonchev–Trinajstić information content (AvgIpc) is 2.20. The number of aromatic nitrogens is 3. The van der Waals surface area contributed by atoms with Crippen LogP contribution in [0, 0.1) is 0 Å². The number of pyridine rings is 1. The second-order valence-corrected chi connectivity index (χ2v) is 2.60. The van der Waals surface area contributed by atoms with E-state index in [4.69, 9.17) is 5.73 Å². The minimum absolute atomic E-state index is 0.514. The molecule has 2 rings (SSSR count). The molecule has 0 amide bonds. The summed E-state index contributed by atoms with van der Waals surface area (Å²) in [6.07, 6.45) is 6.67. The predicted molar refractivity (Wildman–Crippen MR) is 49.7 cm³/mol. The molecule has 0 saturated carbocycles. The second-order valence-electron chi connectivity index (χ2n) is 2.60. The fourth-order valence-electron chi connectivity index (χ4n) is 1.02. The zero-order chi connectivity index (χ0) is 9.10. The molecule has 13 heavy (non-hydrogen) atoms.